The van der Waals surface area contributed by atoms with E-state index in [2.05, 4.69) is 4.72 Å². The molecule has 5 nitrogen and oxygen atoms in total. The van der Waals surface area contributed by atoms with Crippen molar-refractivity contribution in [1.29, 1.82) is 0 Å². The second-order valence-corrected chi connectivity index (χ2v) is 5.18. The van der Waals surface area contributed by atoms with Gasteiger partial charge in [0.15, 0.2) is 0 Å². The number of carbonyl (C=O) groups is 1. The molecule has 0 spiro atoms. The van der Waals surface area contributed by atoms with Gasteiger partial charge in [-0.2, -0.15) is 0 Å². The Morgan fingerprint density at radius 3 is 2.62 bits per heavy atom. The first-order valence-corrected chi connectivity index (χ1v) is 6.07. The van der Waals surface area contributed by atoms with Crippen LogP contribution in [0, 0.1) is 0 Å². The molecule has 0 aromatic heterocycles. The van der Waals surface area contributed by atoms with E-state index < -0.39 is 15.4 Å². The Morgan fingerprint density at radius 1 is 1.62 bits per heavy atom. The summed E-state index contributed by atoms with van der Waals surface area (Å²) < 4.78 is 24.1. The Balaban J connectivity index is 2.47. The zero-order valence-electron chi connectivity index (χ0n) is 7.16. The number of halogens is 1. The molecule has 1 amide bonds. The minimum absolute atomic E-state index is 0.197. The zero-order valence-corrected chi connectivity index (χ0v) is 8.73. The van der Waals surface area contributed by atoms with Crippen molar-refractivity contribution in [3.05, 3.63) is 0 Å². The molecule has 0 radical (unpaired) electrons. The predicted molar refractivity (Wildman–Crippen MR) is 49.2 cm³/mol. The lowest BCUT2D eigenvalue weighted by Gasteiger charge is -2.12. The molecule has 1 saturated heterocycles. The molecule has 0 aromatic rings. The molecule has 76 valence electrons. The number of nitrogens with one attached hydrogen (secondary N) is 1. The number of sulfonamides is 1. The second kappa shape index (κ2) is 3.81. The zero-order chi connectivity index (χ0) is 10.1. The second-order valence-electron chi connectivity index (χ2n) is 3.07. The molecule has 1 rings (SSSR count). The monoisotopic (exact) mass is 226 g/mol. The number of amides is 1. The molecule has 7 heteroatoms. The van der Waals surface area contributed by atoms with Gasteiger partial charge >= 0.3 is 5.37 Å². The van der Waals surface area contributed by atoms with E-state index in [1.807, 2.05) is 0 Å². The molecule has 13 heavy (non-hydrogen) atoms. The summed E-state index contributed by atoms with van der Waals surface area (Å²) in [6.45, 7) is 0.866. The van der Waals surface area contributed by atoms with E-state index in [0.717, 1.165) is 6.26 Å². The number of rotatable bonds is 2. The largest absolute Gasteiger partial charge is 0.328 e. The average molecular weight is 227 g/mol. The number of likely N-dealkylation sites (tertiary alicyclic amines) is 1. The number of hydrogen-bond donors (Lipinski definition) is 1. The van der Waals surface area contributed by atoms with Gasteiger partial charge < -0.3 is 4.90 Å². The van der Waals surface area contributed by atoms with Crippen LogP contribution in [-0.4, -0.2) is 44.1 Å². The highest BCUT2D eigenvalue weighted by Gasteiger charge is 2.26. The Bertz CT molecular complexity index is 303. The fourth-order valence-corrected chi connectivity index (χ4v) is 2.27. The molecule has 1 unspecified atom stereocenters. The molecule has 1 atom stereocenters. The van der Waals surface area contributed by atoms with E-state index in [0.29, 0.717) is 19.5 Å². The highest BCUT2D eigenvalue weighted by molar-refractivity contribution is 7.88. The average Bonchev–Trinajstić information content (AvgIpc) is 2.31. The lowest BCUT2D eigenvalue weighted by atomic mass is 10.3. The first kappa shape index (κ1) is 10.7. The number of nitrogens with zero attached hydrogens (tertiary/aromatic N) is 1. The van der Waals surface area contributed by atoms with Crippen LogP contribution < -0.4 is 4.72 Å². The van der Waals surface area contributed by atoms with Crippen molar-refractivity contribution in [2.24, 2.45) is 0 Å². The predicted octanol–water partition coefficient (Wildman–Crippen LogP) is -0.0313. The first-order chi connectivity index (χ1) is 5.88. The van der Waals surface area contributed by atoms with Gasteiger partial charge in [-0.05, 0) is 18.0 Å². The molecule has 1 fully saturated rings. The van der Waals surface area contributed by atoms with Crippen LogP contribution in [0.2, 0.25) is 0 Å². The van der Waals surface area contributed by atoms with Crippen molar-refractivity contribution in [2.45, 2.75) is 12.5 Å². The van der Waals surface area contributed by atoms with Gasteiger partial charge in [-0.3, -0.25) is 4.79 Å². The van der Waals surface area contributed by atoms with Crippen molar-refractivity contribution in [1.82, 2.24) is 9.62 Å². The molecular weight excluding hydrogens is 216 g/mol. The van der Waals surface area contributed by atoms with Crippen LogP contribution in [0.1, 0.15) is 6.42 Å². The molecule has 1 aliphatic rings. The first-order valence-electron chi connectivity index (χ1n) is 3.80. The van der Waals surface area contributed by atoms with Crippen LogP contribution in [-0.2, 0) is 10.0 Å². The Hall–Kier alpha value is -0.330. The number of carbonyl (C=O) groups excluding carboxylic acids is 1. The molecular formula is C6H11ClN2O3S. The lowest BCUT2D eigenvalue weighted by molar-refractivity contribution is 0.231. The van der Waals surface area contributed by atoms with E-state index in [1.54, 1.807) is 0 Å². The van der Waals surface area contributed by atoms with Crippen molar-refractivity contribution in [3.63, 3.8) is 0 Å². The molecule has 0 aromatic carbocycles. The molecule has 1 N–H and O–H groups in total. The summed E-state index contributed by atoms with van der Waals surface area (Å²) in [7, 11) is -3.19. The minimum Gasteiger partial charge on any atom is -0.328 e. The number of hydrogen-bond acceptors (Lipinski definition) is 3. The third-order valence-corrected chi connectivity index (χ3v) is 2.82. The van der Waals surface area contributed by atoms with Gasteiger partial charge in [0.1, 0.15) is 0 Å². The fourth-order valence-electron chi connectivity index (χ4n) is 1.32. The van der Waals surface area contributed by atoms with Crippen LogP contribution in [0.25, 0.3) is 0 Å². The highest BCUT2D eigenvalue weighted by Crippen LogP contribution is 2.11. The van der Waals surface area contributed by atoms with E-state index in [-0.39, 0.29) is 6.04 Å². The van der Waals surface area contributed by atoms with Crippen molar-refractivity contribution in [3.8, 4) is 0 Å². The molecule has 0 saturated carbocycles. The maximum Gasteiger partial charge on any atom is 0.316 e. The van der Waals surface area contributed by atoms with Crippen LogP contribution in [0.15, 0.2) is 0 Å². The summed E-state index contributed by atoms with van der Waals surface area (Å²) in [6, 6.07) is -0.197. The van der Waals surface area contributed by atoms with Crippen LogP contribution in [0.3, 0.4) is 0 Å². The minimum atomic E-state index is -3.19. The Kier molecular flexibility index (Phi) is 3.15. The molecule has 0 aliphatic carbocycles. The SMILES string of the molecule is CS(=O)(=O)NC1CCN(C(=O)Cl)C1. The van der Waals surface area contributed by atoms with Gasteiger partial charge in [-0.15, -0.1) is 0 Å². The standard InChI is InChI=1S/C6H11ClN2O3S/c1-13(11,12)8-5-2-3-9(4-5)6(7)10/h5,8H,2-4H2,1H3. The normalized spacial score (nSPS) is 23.5. The van der Waals surface area contributed by atoms with Crippen molar-refractivity contribution in [2.75, 3.05) is 19.3 Å². The van der Waals surface area contributed by atoms with Crippen LogP contribution >= 0.6 is 11.6 Å². The smallest absolute Gasteiger partial charge is 0.316 e. The third-order valence-electron chi connectivity index (χ3n) is 1.82. The van der Waals surface area contributed by atoms with E-state index in [9.17, 15) is 13.2 Å². The summed E-state index contributed by atoms with van der Waals surface area (Å²) in [5, 5.41) is -0.530. The Labute approximate surface area is 82.1 Å². The van der Waals surface area contributed by atoms with Gasteiger partial charge in [0.2, 0.25) is 10.0 Å². The summed E-state index contributed by atoms with van der Waals surface area (Å²) in [5.41, 5.74) is 0. The highest BCUT2D eigenvalue weighted by atomic mass is 35.5. The molecule has 0 bridgehead atoms. The summed E-state index contributed by atoms with van der Waals surface area (Å²) >= 11 is 5.23. The molecule has 1 aliphatic heterocycles. The van der Waals surface area contributed by atoms with Crippen molar-refractivity contribution >= 4 is 27.0 Å². The van der Waals surface area contributed by atoms with E-state index in [4.69, 9.17) is 11.6 Å². The molecule has 1 heterocycles. The van der Waals surface area contributed by atoms with Crippen molar-refractivity contribution < 1.29 is 13.2 Å². The Morgan fingerprint density at radius 2 is 2.23 bits per heavy atom. The van der Waals surface area contributed by atoms with Gasteiger partial charge in [0.25, 0.3) is 0 Å². The van der Waals surface area contributed by atoms with Gasteiger partial charge in [-0.1, -0.05) is 0 Å². The van der Waals surface area contributed by atoms with Gasteiger partial charge in [-0.25, -0.2) is 13.1 Å². The third kappa shape index (κ3) is 3.50. The maximum atomic E-state index is 10.8. The lowest BCUT2D eigenvalue weighted by Crippen LogP contribution is -2.36. The van der Waals surface area contributed by atoms with E-state index in [1.165, 1.54) is 4.90 Å². The topological polar surface area (TPSA) is 66.5 Å². The van der Waals surface area contributed by atoms with Crippen LogP contribution in [0.4, 0.5) is 4.79 Å². The van der Waals surface area contributed by atoms with Gasteiger partial charge in [0.05, 0.1) is 6.26 Å². The quantitative estimate of drug-likeness (QED) is 0.531. The summed E-state index contributed by atoms with van der Waals surface area (Å²) in [4.78, 5) is 12.1. The van der Waals surface area contributed by atoms with Crippen LogP contribution in [0.5, 0.6) is 0 Å². The maximum absolute atomic E-state index is 10.8. The van der Waals surface area contributed by atoms with E-state index >= 15 is 0 Å². The summed E-state index contributed by atoms with van der Waals surface area (Å²) in [5.74, 6) is 0. The summed E-state index contributed by atoms with van der Waals surface area (Å²) in [6.07, 6.45) is 1.71. The van der Waals surface area contributed by atoms with Gasteiger partial charge in [0, 0.05) is 19.1 Å². The fraction of sp³-hybridized carbons (Fsp3) is 0.833.